The zero-order chi connectivity index (χ0) is 24.3. The van der Waals surface area contributed by atoms with Gasteiger partial charge in [0, 0.05) is 21.8 Å². The predicted octanol–water partition coefficient (Wildman–Crippen LogP) is 5.67. The van der Waals surface area contributed by atoms with Crippen LogP contribution in [-0.2, 0) is 20.7 Å². The Morgan fingerprint density at radius 2 is 1.65 bits per heavy atom. The minimum absolute atomic E-state index is 0.106. The maximum absolute atomic E-state index is 12.4. The fraction of sp³-hybridized carbons (Fsp3) is 0.250. The van der Waals surface area contributed by atoms with Gasteiger partial charge in [0.15, 0.2) is 4.34 Å². The highest BCUT2D eigenvalue weighted by atomic mass is 35.5. The molecule has 1 heterocycles. The first kappa shape index (κ1) is 25.7. The molecule has 2 N–H and O–H groups in total. The van der Waals surface area contributed by atoms with Crippen molar-refractivity contribution in [2.24, 2.45) is 0 Å². The Balaban J connectivity index is 1.42. The Bertz CT molecular complexity index is 1120. The molecule has 0 atom stereocenters. The van der Waals surface area contributed by atoms with Crippen LogP contribution in [-0.4, -0.2) is 35.1 Å². The third-order valence-electron chi connectivity index (χ3n) is 4.46. The maximum atomic E-state index is 12.4. The van der Waals surface area contributed by atoms with Crippen molar-refractivity contribution in [2.45, 2.75) is 30.5 Å². The Hall–Kier alpha value is -2.88. The van der Waals surface area contributed by atoms with Crippen LogP contribution in [0.4, 0.5) is 11.4 Å². The van der Waals surface area contributed by atoms with Gasteiger partial charge in [-0.3, -0.25) is 9.59 Å². The Labute approximate surface area is 211 Å². The number of aromatic nitrogens is 1. The number of carbonyl (C=O) groups excluding carboxylic acids is 3. The smallest absolute Gasteiger partial charge is 0.338 e. The lowest BCUT2D eigenvalue weighted by atomic mass is 10.2. The van der Waals surface area contributed by atoms with E-state index in [2.05, 4.69) is 15.6 Å². The minimum atomic E-state index is -0.374. The van der Waals surface area contributed by atoms with E-state index in [1.165, 1.54) is 23.1 Å². The van der Waals surface area contributed by atoms with E-state index in [1.54, 1.807) is 53.9 Å². The summed E-state index contributed by atoms with van der Waals surface area (Å²) in [7, 11) is 0. The fourth-order valence-electron chi connectivity index (χ4n) is 2.75. The topological polar surface area (TPSA) is 97.4 Å². The van der Waals surface area contributed by atoms with Crippen molar-refractivity contribution in [1.29, 1.82) is 0 Å². The van der Waals surface area contributed by atoms with Gasteiger partial charge in [-0.1, -0.05) is 36.7 Å². The van der Waals surface area contributed by atoms with Crippen LogP contribution in [0.1, 0.15) is 35.8 Å². The molecule has 10 heteroatoms. The van der Waals surface area contributed by atoms with Crippen LogP contribution in [0.2, 0.25) is 5.02 Å². The molecule has 0 aliphatic heterocycles. The number of carbonyl (C=O) groups is 3. The van der Waals surface area contributed by atoms with E-state index >= 15 is 0 Å². The van der Waals surface area contributed by atoms with Crippen LogP contribution in [0.15, 0.2) is 58.3 Å². The lowest BCUT2D eigenvalue weighted by Crippen LogP contribution is -2.15. The van der Waals surface area contributed by atoms with E-state index in [-0.39, 0.29) is 30.0 Å². The summed E-state index contributed by atoms with van der Waals surface area (Å²) in [6.07, 6.45) is 1.89. The molecular formula is C24H24ClN3O4S2. The molecule has 0 bridgehead atoms. The standard InChI is InChI=1S/C24H24ClN3O4S2/c1-2-3-12-32-23(31)16-4-8-18(9-5-16)26-21(29)13-20-14-33-24(28-20)34-15-22(30)27-19-10-6-17(25)7-11-19/h4-11,14H,2-3,12-13,15H2,1H3,(H,26,29)(H,27,30). The second-order valence-corrected chi connectivity index (χ2v) is 9.76. The number of anilines is 2. The Morgan fingerprint density at radius 1 is 1.00 bits per heavy atom. The molecule has 1 aromatic heterocycles. The monoisotopic (exact) mass is 517 g/mol. The predicted molar refractivity (Wildman–Crippen MR) is 137 cm³/mol. The van der Waals surface area contributed by atoms with E-state index in [0.717, 1.165) is 12.8 Å². The molecule has 0 saturated carbocycles. The first-order valence-corrected chi connectivity index (χ1v) is 12.9. The van der Waals surface area contributed by atoms with Crippen LogP contribution in [0.5, 0.6) is 0 Å². The minimum Gasteiger partial charge on any atom is -0.462 e. The Morgan fingerprint density at radius 3 is 2.32 bits per heavy atom. The van der Waals surface area contributed by atoms with Crippen LogP contribution >= 0.6 is 34.7 Å². The van der Waals surface area contributed by atoms with E-state index in [4.69, 9.17) is 16.3 Å². The average Bonchev–Trinajstić information content (AvgIpc) is 3.27. The highest BCUT2D eigenvalue weighted by molar-refractivity contribution is 8.01. The lowest BCUT2D eigenvalue weighted by molar-refractivity contribution is -0.116. The summed E-state index contributed by atoms with van der Waals surface area (Å²) in [6.45, 7) is 2.42. The number of nitrogens with one attached hydrogen (secondary N) is 2. The summed E-state index contributed by atoms with van der Waals surface area (Å²) in [5.41, 5.74) is 2.32. The van der Waals surface area contributed by atoms with Crippen molar-refractivity contribution in [3.63, 3.8) is 0 Å². The van der Waals surface area contributed by atoms with Crippen molar-refractivity contribution in [1.82, 2.24) is 4.98 Å². The molecule has 2 aromatic carbocycles. The van der Waals surface area contributed by atoms with E-state index in [1.807, 2.05) is 6.92 Å². The van der Waals surface area contributed by atoms with Gasteiger partial charge in [0.2, 0.25) is 11.8 Å². The van der Waals surface area contributed by atoms with Gasteiger partial charge in [-0.15, -0.1) is 11.3 Å². The van der Waals surface area contributed by atoms with Crippen LogP contribution in [0.3, 0.4) is 0 Å². The van der Waals surface area contributed by atoms with E-state index in [0.29, 0.717) is 38.6 Å². The summed E-state index contributed by atoms with van der Waals surface area (Å²) in [5.74, 6) is -0.546. The van der Waals surface area contributed by atoms with Crippen molar-refractivity contribution in [3.05, 3.63) is 70.2 Å². The van der Waals surface area contributed by atoms with Gasteiger partial charge in [-0.05, 0) is 55.0 Å². The molecule has 0 unspecified atom stereocenters. The van der Waals surface area contributed by atoms with Gasteiger partial charge < -0.3 is 15.4 Å². The number of thiazole rings is 1. The molecule has 0 fully saturated rings. The summed E-state index contributed by atoms with van der Waals surface area (Å²) in [6, 6.07) is 13.5. The molecule has 0 aliphatic carbocycles. The molecule has 0 aliphatic rings. The molecule has 178 valence electrons. The highest BCUT2D eigenvalue weighted by Crippen LogP contribution is 2.23. The summed E-state index contributed by atoms with van der Waals surface area (Å²) in [5, 5.41) is 7.99. The highest BCUT2D eigenvalue weighted by Gasteiger charge is 2.12. The van der Waals surface area contributed by atoms with E-state index in [9.17, 15) is 14.4 Å². The number of ether oxygens (including phenoxy) is 1. The number of hydrogen-bond acceptors (Lipinski definition) is 7. The van der Waals surface area contributed by atoms with Gasteiger partial charge in [0.25, 0.3) is 0 Å². The molecular weight excluding hydrogens is 494 g/mol. The number of rotatable bonds is 11. The molecule has 0 spiro atoms. The third kappa shape index (κ3) is 8.48. The first-order chi connectivity index (χ1) is 16.4. The summed E-state index contributed by atoms with van der Waals surface area (Å²) >= 11 is 8.53. The quantitative estimate of drug-likeness (QED) is 0.193. The SMILES string of the molecule is CCCCOC(=O)c1ccc(NC(=O)Cc2csc(SCC(=O)Nc3ccc(Cl)cc3)n2)cc1. The van der Waals surface area contributed by atoms with Gasteiger partial charge in [0.1, 0.15) is 0 Å². The van der Waals surface area contributed by atoms with Gasteiger partial charge in [0.05, 0.1) is 30.0 Å². The van der Waals surface area contributed by atoms with Crippen molar-refractivity contribution < 1.29 is 19.1 Å². The van der Waals surface area contributed by atoms with Crippen LogP contribution in [0, 0.1) is 0 Å². The number of hydrogen-bond donors (Lipinski definition) is 2. The first-order valence-electron chi connectivity index (χ1n) is 10.6. The molecule has 34 heavy (non-hydrogen) atoms. The fourth-order valence-corrected chi connectivity index (χ4v) is 4.52. The van der Waals surface area contributed by atoms with Crippen molar-refractivity contribution in [2.75, 3.05) is 23.0 Å². The maximum Gasteiger partial charge on any atom is 0.338 e. The molecule has 2 amide bonds. The average molecular weight is 518 g/mol. The molecule has 3 rings (SSSR count). The van der Waals surface area contributed by atoms with E-state index < -0.39 is 0 Å². The van der Waals surface area contributed by atoms with Crippen LogP contribution < -0.4 is 10.6 Å². The second kappa shape index (κ2) is 13.1. The number of unbranched alkanes of at least 4 members (excludes halogenated alkanes) is 1. The van der Waals surface area contributed by atoms with Crippen molar-refractivity contribution in [3.8, 4) is 0 Å². The molecule has 7 nitrogen and oxygen atoms in total. The largest absolute Gasteiger partial charge is 0.462 e. The van der Waals surface area contributed by atoms with Gasteiger partial charge in [-0.25, -0.2) is 9.78 Å². The summed E-state index contributed by atoms with van der Waals surface area (Å²) in [4.78, 5) is 40.8. The third-order valence-corrected chi connectivity index (χ3v) is 6.78. The second-order valence-electron chi connectivity index (χ2n) is 7.24. The number of amides is 2. The normalized spacial score (nSPS) is 10.5. The Kier molecular flexibility index (Phi) is 9.93. The zero-order valence-electron chi connectivity index (χ0n) is 18.5. The van der Waals surface area contributed by atoms with Crippen LogP contribution in [0.25, 0.3) is 0 Å². The number of halogens is 1. The summed E-state index contributed by atoms with van der Waals surface area (Å²) < 4.78 is 5.88. The van der Waals surface area contributed by atoms with Gasteiger partial charge in [-0.2, -0.15) is 0 Å². The number of esters is 1. The van der Waals surface area contributed by atoms with Crippen molar-refractivity contribution >= 4 is 63.9 Å². The molecule has 0 radical (unpaired) electrons. The zero-order valence-corrected chi connectivity index (χ0v) is 20.9. The number of nitrogens with zero attached hydrogens (tertiary/aromatic N) is 1. The number of benzene rings is 2. The lowest BCUT2D eigenvalue weighted by Gasteiger charge is -2.06. The van der Waals surface area contributed by atoms with Gasteiger partial charge >= 0.3 is 5.97 Å². The number of thioether (sulfide) groups is 1. The molecule has 0 saturated heterocycles. The molecule has 3 aromatic rings.